The molecule has 0 radical (unpaired) electrons. The number of azo groups is 1. The van der Waals surface area contributed by atoms with Gasteiger partial charge in [0, 0.05) is 11.6 Å². The van der Waals surface area contributed by atoms with Gasteiger partial charge in [-0.1, -0.05) is 6.92 Å². The number of benzene rings is 1. The summed E-state index contributed by atoms with van der Waals surface area (Å²) in [5.74, 6) is 0.355. The van der Waals surface area contributed by atoms with Gasteiger partial charge in [0.15, 0.2) is 5.69 Å². The van der Waals surface area contributed by atoms with E-state index < -0.39 is 5.56 Å². The summed E-state index contributed by atoms with van der Waals surface area (Å²) in [5.41, 5.74) is 0.456. The highest BCUT2D eigenvalue weighted by molar-refractivity contribution is 5.57. The first-order chi connectivity index (χ1) is 11.9. The number of ether oxygens (including phenoxy) is 1. The third-order valence-corrected chi connectivity index (χ3v) is 4.08. The predicted molar refractivity (Wildman–Crippen MR) is 94.0 cm³/mol. The van der Waals surface area contributed by atoms with Gasteiger partial charge < -0.3 is 9.84 Å². The Morgan fingerprint density at radius 1 is 1.32 bits per heavy atom. The molecular weight excluding hydrogens is 320 g/mol. The van der Waals surface area contributed by atoms with Crippen LogP contribution in [-0.2, 0) is 0 Å². The number of pyridine rings is 1. The van der Waals surface area contributed by atoms with E-state index in [1.807, 2.05) is 13.0 Å². The molecule has 0 bridgehead atoms. The molecular formula is C18H20N4O3. The minimum Gasteiger partial charge on any atom is -0.497 e. The molecule has 2 rings (SSSR count). The van der Waals surface area contributed by atoms with Crippen LogP contribution < -0.4 is 10.3 Å². The fourth-order valence-electron chi connectivity index (χ4n) is 2.38. The molecule has 1 aromatic heterocycles. The summed E-state index contributed by atoms with van der Waals surface area (Å²) in [7, 11) is 1.57. The fraction of sp³-hybridized carbons (Fsp3) is 0.333. The first-order valence-electron chi connectivity index (χ1n) is 7.88. The van der Waals surface area contributed by atoms with Crippen molar-refractivity contribution in [2.24, 2.45) is 10.2 Å². The third-order valence-electron chi connectivity index (χ3n) is 4.08. The van der Waals surface area contributed by atoms with Crippen molar-refractivity contribution in [1.29, 1.82) is 5.26 Å². The molecule has 0 aliphatic carbocycles. The van der Waals surface area contributed by atoms with Crippen LogP contribution in [0.25, 0.3) is 0 Å². The van der Waals surface area contributed by atoms with E-state index in [9.17, 15) is 15.2 Å². The second-order valence-electron chi connectivity index (χ2n) is 5.61. The Balaban J connectivity index is 2.58. The Hall–Kier alpha value is -3.14. The lowest BCUT2D eigenvalue weighted by atomic mass is 10.1. The molecule has 1 atom stereocenters. The lowest BCUT2D eigenvalue weighted by molar-refractivity contribution is 0.372. The summed E-state index contributed by atoms with van der Waals surface area (Å²) in [6.45, 7) is 5.26. The van der Waals surface area contributed by atoms with Gasteiger partial charge in [0.05, 0.1) is 12.8 Å². The van der Waals surface area contributed by atoms with E-state index in [1.54, 1.807) is 45.2 Å². The molecule has 0 saturated heterocycles. The molecule has 25 heavy (non-hydrogen) atoms. The topological polar surface area (TPSA) is 100.0 Å². The summed E-state index contributed by atoms with van der Waals surface area (Å²) in [6.07, 6.45) is 0.621. The largest absolute Gasteiger partial charge is 0.497 e. The van der Waals surface area contributed by atoms with Crippen LogP contribution in [0.1, 0.15) is 37.4 Å². The minimum atomic E-state index is -0.472. The lowest BCUT2D eigenvalue weighted by Crippen LogP contribution is -2.24. The number of nitriles is 1. The molecule has 0 spiro atoms. The Morgan fingerprint density at radius 2 is 1.96 bits per heavy atom. The van der Waals surface area contributed by atoms with Crippen LogP contribution in [0.4, 0.5) is 11.4 Å². The van der Waals surface area contributed by atoms with E-state index in [0.717, 1.165) is 0 Å². The summed E-state index contributed by atoms with van der Waals surface area (Å²) in [4.78, 5) is 12.7. The Morgan fingerprint density at radius 3 is 2.48 bits per heavy atom. The second kappa shape index (κ2) is 7.62. The SMILES string of the molecule is CCC(C)n1c(O)c(C#N)c(C)c(N=Nc2ccc(OC)cc2)c1=O. The van der Waals surface area contributed by atoms with Crippen molar-refractivity contribution in [3.63, 3.8) is 0 Å². The number of nitrogens with zero attached hydrogens (tertiary/aromatic N) is 4. The van der Waals surface area contributed by atoms with Crippen LogP contribution >= 0.6 is 0 Å². The first-order valence-corrected chi connectivity index (χ1v) is 7.88. The van der Waals surface area contributed by atoms with E-state index in [0.29, 0.717) is 23.4 Å². The van der Waals surface area contributed by atoms with Crippen molar-refractivity contribution in [2.75, 3.05) is 7.11 Å². The lowest BCUT2D eigenvalue weighted by Gasteiger charge is -2.17. The van der Waals surface area contributed by atoms with Gasteiger partial charge in [0.25, 0.3) is 5.56 Å². The van der Waals surface area contributed by atoms with E-state index in [4.69, 9.17) is 4.74 Å². The van der Waals surface area contributed by atoms with Crippen LogP contribution in [0.2, 0.25) is 0 Å². The highest BCUT2D eigenvalue weighted by atomic mass is 16.5. The zero-order valence-electron chi connectivity index (χ0n) is 14.6. The van der Waals surface area contributed by atoms with Crippen molar-refractivity contribution < 1.29 is 9.84 Å². The molecule has 130 valence electrons. The van der Waals surface area contributed by atoms with Crippen LogP contribution in [0, 0.1) is 18.3 Å². The van der Waals surface area contributed by atoms with Gasteiger partial charge in [-0.3, -0.25) is 9.36 Å². The number of methoxy groups -OCH3 is 1. The molecule has 0 aliphatic rings. The maximum absolute atomic E-state index is 12.7. The van der Waals surface area contributed by atoms with Gasteiger partial charge in [0.2, 0.25) is 5.88 Å². The van der Waals surface area contributed by atoms with Crippen LogP contribution in [-0.4, -0.2) is 16.8 Å². The monoisotopic (exact) mass is 340 g/mol. The smallest absolute Gasteiger partial charge is 0.281 e. The molecule has 0 fully saturated rings. The average molecular weight is 340 g/mol. The van der Waals surface area contributed by atoms with Crippen molar-refractivity contribution in [3.8, 4) is 17.7 Å². The molecule has 0 saturated carbocycles. The van der Waals surface area contributed by atoms with Crippen LogP contribution in [0.5, 0.6) is 11.6 Å². The predicted octanol–water partition coefficient (Wildman–Crippen LogP) is 4.13. The van der Waals surface area contributed by atoms with Gasteiger partial charge in [-0.25, -0.2) is 0 Å². The minimum absolute atomic E-state index is 0.0311. The second-order valence-corrected chi connectivity index (χ2v) is 5.61. The van der Waals surface area contributed by atoms with E-state index in [1.165, 1.54) is 4.57 Å². The Labute approximate surface area is 145 Å². The maximum Gasteiger partial charge on any atom is 0.281 e. The van der Waals surface area contributed by atoms with Crippen molar-refractivity contribution in [2.45, 2.75) is 33.2 Å². The number of rotatable bonds is 5. The standard InChI is InChI=1S/C18H20N4O3/c1-5-11(2)22-17(23)15(10-19)12(3)16(18(22)24)21-20-13-6-8-14(25-4)9-7-13/h6-9,11,23H,5H2,1-4H3. The molecule has 2 aromatic rings. The zero-order valence-corrected chi connectivity index (χ0v) is 14.6. The molecule has 1 unspecified atom stereocenters. The summed E-state index contributed by atoms with van der Waals surface area (Å²) < 4.78 is 6.27. The molecule has 1 aromatic carbocycles. The molecule has 1 N–H and O–H groups in total. The quantitative estimate of drug-likeness (QED) is 0.827. The Kier molecular flexibility index (Phi) is 5.55. The number of hydrogen-bond acceptors (Lipinski definition) is 6. The third kappa shape index (κ3) is 3.53. The number of aromatic nitrogens is 1. The Bertz CT molecular complexity index is 893. The molecule has 7 heteroatoms. The van der Waals surface area contributed by atoms with Gasteiger partial charge in [-0.15, -0.1) is 5.11 Å². The normalized spacial score (nSPS) is 12.1. The number of aromatic hydroxyl groups is 1. The summed E-state index contributed by atoms with van der Waals surface area (Å²) >= 11 is 0. The van der Waals surface area contributed by atoms with Crippen molar-refractivity contribution in [1.82, 2.24) is 4.57 Å². The molecule has 0 amide bonds. The fourth-order valence-corrected chi connectivity index (χ4v) is 2.38. The van der Waals surface area contributed by atoms with Crippen LogP contribution in [0.15, 0.2) is 39.3 Å². The number of hydrogen-bond donors (Lipinski definition) is 1. The zero-order chi connectivity index (χ0) is 18.6. The van der Waals surface area contributed by atoms with E-state index in [2.05, 4.69) is 10.2 Å². The van der Waals surface area contributed by atoms with Gasteiger partial charge >= 0.3 is 0 Å². The van der Waals surface area contributed by atoms with Crippen LogP contribution in [0.3, 0.4) is 0 Å². The van der Waals surface area contributed by atoms with E-state index in [-0.39, 0.29) is 23.2 Å². The van der Waals surface area contributed by atoms with Gasteiger partial charge in [-0.05, 0) is 44.5 Å². The highest BCUT2D eigenvalue weighted by Crippen LogP contribution is 2.29. The summed E-state index contributed by atoms with van der Waals surface area (Å²) in [5, 5.41) is 27.7. The van der Waals surface area contributed by atoms with Gasteiger partial charge in [0.1, 0.15) is 17.4 Å². The first kappa shape index (κ1) is 18.2. The van der Waals surface area contributed by atoms with Crippen molar-refractivity contribution >= 4 is 11.4 Å². The summed E-state index contributed by atoms with van der Waals surface area (Å²) in [6, 6.07) is 8.54. The average Bonchev–Trinajstić information content (AvgIpc) is 2.62. The van der Waals surface area contributed by atoms with Crippen molar-refractivity contribution in [3.05, 3.63) is 45.7 Å². The molecule has 7 nitrogen and oxygen atoms in total. The molecule has 1 heterocycles. The highest BCUT2D eigenvalue weighted by Gasteiger charge is 2.21. The van der Waals surface area contributed by atoms with Gasteiger partial charge in [-0.2, -0.15) is 10.4 Å². The maximum atomic E-state index is 12.7. The molecule has 0 aliphatic heterocycles. The van der Waals surface area contributed by atoms with E-state index >= 15 is 0 Å².